The summed E-state index contributed by atoms with van der Waals surface area (Å²) in [4.78, 5) is 14.4. The van der Waals surface area contributed by atoms with E-state index in [9.17, 15) is 10.0 Å². The van der Waals surface area contributed by atoms with Gasteiger partial charge in [0.25, 0.3) is 0 Å². The summed E-state index contributed by atoms with van der Waals surface area (Å²) in [5.74, 6) is 2.42. The lowest BCUT2D eigenvalue weighted by Crippen LogP contribution is -2.41. The van der Waals surface area contributed by atoms with Crippen molar-refractivity contribution in [1.29, 1.82) is 0 Å². The summed E-state index contributed by atoms with van der Waals surface area (Å²) in [6.07, 6.45) is 5.47. The Kier molecular flexibility index (Phi) is 11.9. The van der Waals surface area contributed by atoms with Gasteiger partial charge >= 0.3 is 6.03 Å². The van der Waals surface area contributed by atoms with Crippen LogP contribution in [0.5, 0.6) is 28.7 Å². The lowest BCUT2D eigenvalue weighted by atomic mass is 9.95. The van der Waals surface area contributed by atoms with Gasteiger partial charge in [0.2, 0.25) is 5.75 Å². The second-order valence-electron chi connectivity index (χ2n) is 11.6. The number of methoxy groups -OCH3 is 4. The third-order valence-corrected chi connectivity index (χ3v) is 9.74. The number of hydrogen-bond acceptors (Lipinski definition) is 9. The molecule has 3 aromatic rings. The highest BCUT2D eigenvalue weighted by Crippen LogP contribution is 2.48. The lowest BCUT2D eigenvalue weighted by molar-refractivity contribution is -0.0820. The van der Waals surface area contributed by atoms with E-state index in [0.29, 0.717) is 39.5 Å². The van der Waals surface area contributed by atoms with E-state index in [4.69, 9.17) is 40.0 Å². The van der Waals surface area contributed by atoms with Crippen molar-refractivity contribution in [2.24, 2.45) is 0 Å². The molecule has 5 rings (SSSR count). The lowest BCUT2D eigenvalue weighted by Gasteiger charge is -2.29. The number of carbonyl (C=O) groups excluding carboxylic acids is 1. The molecule has 1 aliphatic carbocycles. The molecule has 2 N–H and O–H groups in total. The third-order valence-electron chi connectivity index (χ3n) is 8.52. The number of amides is 2. The van der Waals surface area contributed by atoms with E-state index in [1.165, 1.54) is 11.8 Å². The smallest absolute Gasteiger partial charge is 0.345 e. The number of ether oxygens (including phenoxy) is 6. The van der Waals surface area contributed by atoms with Crippen LogP contribution in [0, 0.1) is 0 Å². The zero-order valence-electron chi connectivity index (χ0n) is 27.4. The zero-order chi connectivity index (χ0) is 33.5. The molecule has 2 fully saturated rings. The van der Waals surface area contributed by atoms with E-state index in [-0.39, 0.29) is 23.7 Å². The topological polar surface area (TPSA) is 108 Å². The Morgan fingerprint density at radius 3 is 1.96 bits per heavy atom. The molecule has 1 aliphatic heterocycles. The molecule has 47 heavy (non-hydrogen) atoms. The summed E-state index contributed by atoms with van der Waals surface area (Å²) in [5.41, 5.74) is 1.73. The number of rotatable bonds is 12. The molecule has 1 saturated carbocycles. The highest BCUT2D eigenvalue weighted by molar-refractivity contribution is 7.99. The minimum absolute atomic E-state index is 0.233. The van der Waals surface area contributed by atoms with Crippen LogP contribution >= 0.6 is 23.4 Å². The number of carbonyl (C=O) groups is 1. The quantitative estimate of drug-likeness (QED) is 0.0835. The van der Waals surface area contributed by atoms with Crippen LogP contribution in [-0.2, 0) is 4.74 Å². The molecule has 254 valence electrons. The van der Waals surface area contributed by atoms with Crippen molar-refractivity contribution in [2.75, 3.05) is 33.8 Å². The summed E-state index contributed by atoms with van der Waals surface area (Å²) >= 11 is 7.57. The number of nitrogens with one attached hydrogen (secondary N) is 1. The second-order valence-corrected chi connectivity index (χ2v) is 13.4. The molecule has 10 nitrogen and oxygen atoms in total. The number of anilines is 1. The van der Waals surface area contributed by atoms with Crippen LogP contribution in [0.25, 0.3) is 0 Å². The predicted octanol–water partition coefficient (Wildman–Crippen LogP) is 9.04. The summed E-state index contributed by atoms with van der Waals surface area (Å²) in [7, 11) is 6.30. The molecule has 0 aromatic heterocycles. The van der Waals surface area contributed by atoms with Gasteiger partial charge < -0.3 is 33.7 Å². The van der Waals surface area contributed by atoms with Crippen molar-refractivity contribution in [1.82, 2.24) is 5.06 Å². The fourth-order valence-electron chi connectivity index (χ4n) is 6.15. The van der Waals surface area contributed by atoms with Crippen LogP contribution in [0.15, 0.2) is 53.4 Å². The fraction of sp³-hybridized carbons (Fsp3) is 0.457. The number of benzene rings is 3. The van der Waals surface area contributed by atoms with Crippen LogP contribution in [0.2, 0.25) is 5.02 Å². The fourth-order valence-corrected chi connectivity index (χ4v) is 7.10. The van der Waals surface area contributed by atoms with Gasteiger partial charge in [-0.15, -0.1) is 0 Å². The minimum atomic E-state index is -0.624. The van der Waals surface area contributed by atoms with E-state index in [1.54, 1.807) is 28.4 Å². The molecule has 1 saturated heterocycles. The van der Waals surface area contributed by atoms with Gasteiger partial charge in [-0.05, 0) is 92.3 Å². The number of thioether (sulfide) groups is 1. The summed E-state index contributed by atoms with van der Waals surface area (Å²) in [6, 6.07) is 14.2. The number of hydrogen-bond donors (Lipinski definition) is 2. The Hall–Kier alpha value is -3.51. The molecule has 0 radical (unpaired) electrons. The number of halogens is 1. The average molecular weight is 687 g/mol. The highest BCUT2D eigenvalue weighted by atomic mass is 35.5. The van der Waals surface area contributed by atoms with Crippen molar-refractivity contribution in [3.63, 3.8) is 0 Å². The molecule has 3 aromatic carbocycles. The molecular formula is C35H43ClN2O8S. The predicted molar refractivity (Wildman–Crippen MR) is 182 cm³/mol. The van der Waals surface area contributed by atoms with Gasteiger partial charge in [-0.1, -0.05) is 42.6 Å². The molecular weight excluding hydrogens is 644 g/mol. The van der Waals surface area contributed by atoms with Crippen LogP contribution in [0.1, 0.15) is 75.2 Å². The van der Waals surface area contributed by atoms with Crippen LogP contribution in [-0.4, -0.2) is 56.2 Å². The van der Waals surface area contributed by atoms with E-state index in [1.807, 2.05) is 55.5 Å². The maximum absolute atomic E-state index is 13.4. The van der Waals surface area contributed by atoms with Gasteiger partial charge in [0, 0.05) is 9.92 Å². The Labute approximate surface area is 285 Å². The highest BCUT2D eigenvalue weighted by Gasteiger charge is 2.32. The van der Waals surface area contributed by atoms with E-state index >= 15 is 0 Å². The molecule has 0 bridgehead atoms. The summed E-state index contributed by atoms with van der Waals surface area (Å²) < 4.78 is 35.4. The van der Waals surface area contributed by atoms with E-state index in [0.717, 1.165) is 66.0 Å². The van der Waals surface area contributed by atoms with Crippen molar-refractivity contribution in [2.45, 2.75) is 80.5 Å². The molecule has 2 aliphatic rings. The second kappa shape index (κ2) is 16.1. The Morgan fingerprint density at radius 1 is 0.851 bits per heavy atom. The number of nitrogens with zero attached hydrogens (tertiary/aromatic N) is 1. The third kappa shape index (κ3) is 8.32. The van der Waals surface area contributed by atoms with Gasteiger partial charge in [-0.3, -0.25) is 5.21 Å². The Bertz CT molecular complexity index is 1490. The van der Waals surface area contributed by atoms with Crippen LogP contribution in [0.3, 0.4) is 0 Å². The van der Waals surface area contributed by atoms with E-state index < -0.39 is 6.03 Å². The van der Waals surface area contributed by atoms with Gasteiger partial charge in [0.15, 0.2) is 23.0 Å². The summed E-state index contributed by atoms with van der Waals surface area (Å²) in [6.45, 7) is 1.92. The first-order chi connectivity index (χ1) is 22.7. The largest absolute Gasteiger partial charge is 0.493 e. The van der Waals surface area contributed by atoms with Crippen molar-refractivity contribution >= 4 is 35.1 Å². The van der Waals surface area contributed by atoms with Crippen LogP contribution in [0.4, 0.5) is 10.5 Å². The first-order valence-corrected chi connectivity index (χ1v) is 17.1. The molecule has 0 spiro atoms. The van der Waals surface area contributed by atoms with Crippen molar-refractivity contribution < 1.29 is 38.4 Å². The number of hydroxylamine groups is 2. The average Bonchev–Trinajstić information content (AvgIpc) is 3.59. The maximum atomic E-state index is 13.4. The standard InChI is InChI=1S/C35H43ClN2O8S/c1-21(47-26-13-11-24(36)12-14-26)45-33-27(37-35(39)38(40)25-9-7-6-8-10-25)17-22(18-30(33)41-2)28-15-16-29(46-28)23-19-31(42-3)34(44-5)32(20-23)43-4/h11-14,17-21,25,28-29,40H,6-10,15-16H2,1-5H3,(H,37,39). The van der Waals surface area contributed by atoms with Crippen LogP contribution < -0.4 is 29.0 Å². The first-order valence-electron chi connectivity index (χ1n) is 15.8. The Morgan fingerprint density at radius 2 is 1.40 bits per heavy atom. The van der Waals surface area contributed by atoms with Gasteiger partial charge in [0.1, 0.15) is 5.44 Å². The molecule has 12 heteroatoms. The molecule has 2 amide bonds. The van der Waals surface area contributed by atoms with Gasteiger partial charge in [-0.2, -0.15) is 0 Å². The maximum Gasteiger partial charge on any atom is 0.345 e. The molecule has 1 heterocycles. The molecule has 3 atom stereocenters. The van der Waals surface area contributed by atoms with Crippen molar-refractivity contribution in [3.05, 3.63) is 64.7 Å². The van der Waals surface area contributed by atoms with Gasteiger partial charge in [-0.25, -0.2) is 9.86 Å². The monoisotopic (exact) mass is 686 g/mol. The van der Waals surface area contributed by atoms with Gasteiger partial charge in [0.05, 0.1) is 52.4 Å². The first kappa shape index (κ1) is 34.8. The SMILES string of the molecule is COc1cc(C2CCC(c3cc(OC)c(OC)c(OC)c3)O2)cc(NC(=O)N(O)C2CCCCC2)c1OC(C)Sc1ccc(Cl)cc1. The zero-order valence-corrected chi connectivity index (χ0v) is 29.0. The van der Waals surface area contributed by atoms with E-state index in [2.05, 4.69) is 5.32 Å². The normalized spacial score (nSPS) is 18.7. The Balaban J connectivity index is 1.43. The van der Waals surface area contributed by atoms with Crippen molar-refractivity contribution in [3.8, 4) is 28.7 Å². The number of urea groups is 1. The summed E-state index contributed by atoms with van der Waals surface area (Å²) in [5, 5.41) is 15.2. The molecule has 3 unspecified atom stereocenters. The minimum Gasteiger partial charge on any atom is -0.493 e.